The second kappa shape index (κ2) is 5.92. The molecule has 0 bridgehead atoms. The van der Waals surface area contributed by atoms with Gasteiger partial charge in [0.15, 0.2) is 11.6 Å². The van der Waals surface area contributed by atoms with Crippen LogP contribution in [0.1, 0.15) is 5.56 Å². The molecule has 0 atom stereocenters. The van der Waals surface area contributed by atoms with Gasteiger partial charge in [-0.15, -0.1) is 0 Å². The van der Waals surface area contributed by atoms with Crippen molar-refractivity contribution in [3.63, 3.8) is 0 Å². The van der Waals surface area contributed by atoms with Crippen LogP contribution in [0.25, 0.3) is 6.08 Å². The first-order valence-corrected chi connectivity index (χ1v) is 5.55. The van der Waals surface area contributed by atoms with Gasteiger partial charge in [-0.05, 0) is 30.3 Å². The molecule has 0 amide bonds. The molecule has 1 heterocycles. The van der Waals surface area contributed by atoms with Crippen molar-refractivity contribution >= 4 is 12.0 Å². The van der Waals surface area contributed by atoms with Crippen LogP contribution in [-0.4, -0.2) is 16.1 Å². The van der Waals surface area contributed by atoms with E-state index in [4.69, 9.17) is 9.84 Å². The average Bonchev–Trinajstić information content (AvgIpc) is 2.41. The summed E-state index contributed by atoms with van der Waals surface area (Å²) in [5.41, 5.74) is 0.360. The van der Waals surface area contributed by atoms with Gasteiger partial charge < -0.3 is 9.84 Å². The van der Waals surface area contributed by atoms with Crippen LogP contribution in [0.5, 0.6) is 11.6 Å². The fourth-order valence-corrected chi connectivity index (χ4v) is 1.44. The summed E-state index contributed by atoms with van der Waals surface area (Å²) in [4.78, 5) is 14.4. The molecule has 0 fully saturated rings. The third-order valence-electron chi connectivity index (χ3n) is 2.31. The molecule has 102 valence electrons. The lowest BCUT2D eigenvalue weighted by Crippen LogP contribution is -1.94. The highest BCUT2D eigenvalue weighted by molar-refractivity contribution is 5.85. The van der Waals surface area contributed by atoms with Gasteiger partial charge in [-0.1, -0.05) is 0 Å². The molecule has 2 rings (SSSR count). The minimum Gasteiger partial charge on any atom is -0.478 e. The molecule has 1 aromatic heterocycles. The zero-order valence-electron chi connectivity index (χ0n) is 10.1. The maximum atomic E-state index is 13.5. The number of rotatable bonds is 4. The predicted octanol–water partition coefficient (Wildman–Crippen LogP) is 3.25. The van der Waals surface area contributed by atoms with Gasteiger partial charge in [0.1, 0.15) is 5.82 Å². The number of hydrogen-bond donors (Lipinski definition) is 1. The normalized spacial score (nSPS) is 10.7. The van der Waals surface area contributed by atoms with Crippen LogP contribution in [0.3, 0.4) is 0 Å². The van der Waals surface area contributed by atoms with Crippen molar-refractivity contribution in [3.8, 4) is 11.6 Å². The van der Waals surface area contributed by atoms with Gasteiger partial charge in [-0.2, -0.15) is 0 Å². The molecule has 6 heteroatoms. The van der Waals surface area contributed by atoms with E-state index in [1.807, 2.05) is 0 Å². The number of carboxylic acids is 1. The number of carboxylic acid groups (broad SMARTS) is 1. The van der Waals surface area contributed by atoms with Crippen LogP contribution in [0, 0.1) is 11.6 Å². The van der Waals surface area contributed by atoms with Crippen molar-refractivity contribution in [2.45, 2.75) is 0 Å². The summed E-state index contributed by atoms with van der Waals surface area (Å²) in [6, 6.07) is 6.00. The molecular formula is C14H9F2NO3. The Hall–Kier alpha value is -2.76. The Bertz CT molecular complexity index is 671. The first-order chi connectivity index (χ1) is 9.56. The third-order valence-corrected chi connectivity index (χ3v) is 2.31. The first-order valence-electron chi connectivity index (χ1n) is 5.55. The molecule has 0 unspecified atom stereocenters. The lowest BCUT2D eigenvalue weighted by molar-refractivity contribution is -0.131. The van der Waals surface area contributed by atoms with E-state index >= 15 is 0 Å². The second-order valence-electron chi connectivity index (χ2n) is 3.75. The number of halogens is 2. The highest BCUT2D eigenvalue weighted by Crippen LogP contribution is 2.26. The standard InChI is InChI=1S/C14H9F2NO3/c15-10-4-5-12(11(16)8-10)20-14-9(2-1-7-17-14)3-6-13(18)19/h1-8H,(H,18,19)/b6-3+. The molecule has 2 aromatic rings. The summed E-state index contributed by atoms with van der Waals surface area (Å²) in [5, 5.41) is 8.58. The molecule has 0 aliphatic carbocycles. The number of pyridine rings is 1. The molecule has 0 aliphatic heterocycles. The zero-order chi connectivity index (χ0) is 14.5. The van der Waals surface area contributed by atoms with E-state index < -0.39 is 17.6 Å². The topological polar surface area (TPSA) is 59.4 Å². The Morgan fingerprint density at radius 3 is 2.80 bits per heavy atom. The summed E-state index contributed by atoms with van der Waals surface area (Å²) in [7, 11) is 0. The van der Waals surface area contributed by atoms with Crippen molar-refractivity contribution in [2.75, 3.05) is 0 Å². The van der Waals surface area contributed by atoms with E-state index in [0.29, 0.717) is 11.6 Å². The van der Waals surface area contributed by atoms with Crippen LogP contribution in [-0.2, 0) is 4.79 Å². The summed E-state index contributed by atoms with van der Waals surface area (Å²) in [6.45, 7) is 0. The summed E-state index contributed by atoms with van der Waals surface area (Å²) in [6.07, 6.45) is 3.59. The summed E-state index contributed by atoms with van der Waals surface area (Å²) < 4.78 is 31.5. The van der Waals surface area contributed by atoms with Gasteiger partial charge in [0.25, 0.3) is 0 Å². The number of carbonyl (C=O) groups is 1. The van der Waals surface area contributed by atoms with Crippen LogP contribution >= 0.6 is 0 Å². The smallest absolute Gasteiger partial charge is 0.328 e. The number of aliphatic carboxylic acids is 1. The lowest BCUT2D eigenvalue weighted by Gasteiger charge is -2.08. The van der Waals surface area contributed by atoms with Gasteiger partial charge in [-0.3, -0.25) is 0 Å². The quantitative estimate of drug-likeness (QED) is 0.871. The number of nitrogens with zero attached hydrogens (tertiary/aromatic N) is 1. The van der Waals surface area contributed by atoms with E-state index in [1.54, 1.807) is 12.1 Å². The predicted molar refractivity (Wildman–Crippen MR) is 67.3 cm³/mol. The summed E-state index contributed by atoms with van der Waals surface area (Å²) in [5.74, 6) is -2.90. The van der Waals surface area contributed by atoms with Crippen molar-refractivity contribution in [1.29, 1.82) is 0 Å². The monoisotopic (exact) mass is 277 g/mol. The van der Waals surface area contributed by atoms with E-state index in [0.717, 1.165) is 18.2 Å². The maximum absolute atomic E-state index is 13.5. The molecule has 1 aromatic carbocycles. The molecule has 0 radical (unpaired) electrons. The van der Waals surface area contributed by atoms with Gasteiger partial charge in [-0.25, -0.2) is 18.6 Å². The Kier molecular flexibility index (Phi) is 4.05. The van der Waals surface area contributed by atoms with Crippen molar-refractivity contribution < 1.29 is 23.4 Å². The Labute approximate surface area is 113 Å². The second-order valence-corrected chi connectivity index (χ2v) is 3.75. The highest BCUT2D eigenvalue weighted by Gasteiger charge is 2.09. The van der Waals surface area contributed by atoms with Crippen molar-refractivity contribution in [1.82, 2.24) is 4.98 Å². The van der Waals surface area contributed by atoms with Gasteiger partial charge in [0.05, 0.1) is 0 Å². The molecule has 4 nitrogen and oxygen atoms in total. The minimum atomic E-state index is -1.13. The van der Waals surface area contributed by atoms with E-state index in [1.165, 1.54) is 12.3 Å². The molecule has 20 heavy (non-hydrogen) atoms. The molecule has 0 saturated heterocycles. The SMILES string of the molecule is O=C(O)/C=C/c1cccnc1Oc1ccc(F)cc1F. The van der Waals surface area contributed by atoms with Gasteiger partial charge >= 0.3 is 5.97 Å². The molecule has 1 N–H and O–H groups in total. The minimum absolute atomic E-state index is 0.0236. The zero-order valence-corrected chi connectivity index (χ0v) is 10.1. The number of aromatic nitrogens is 1. The number of benzene rings is 1. The van der Waals surface area contributed by atoms with E-state index in [-0.39, 0.29) is 11.6 Å². The molecule has 0 aliphatic rings. The lowest BCUT2D eigenvalue weighted by atomic mass is 10.2. The molecular weight excluding hydrogens is 268 g/mol. The average molecular weight is 277 g/mol. The van der Waals surface area contributed by atoms with Gasteiger partial charge in [0, 0.05) is 23.9 Å². The Balaban J connectivity index is 2.31. The first kappa shape index (κ1) is 13.7. The van der Waals surface area contributed by atoms with Crippen LogP contribution in [0.4, 0.5) is 8.78 Å². The highest BCUT2D eigenvalue weighted by atomic mass is 19.1. The fraction of sp³-hybridized carbons (Fsp3) is 0. The Morgan fingerprint density at radius 2 is 2.10 bits per heavy atom. The third kappa shape index (κ3) is 3.38. The van der Waals surface area contributed by atoms with Gasteiger partial charge in [0.2, 0.25) is 5.88 Å². The summed E-state index contributed by atoms with van der Waals surface area (Å²) >= 11 is 0. The van der Waals surface area contributed by atoms with Crippen LogP contribution in [0.2, 0.25) is 0 Å². The van der Waals surface area contributed by atoms with E-state index in [9.17, 15) is 13.6 Å². The van der Waals surface area contributed by atoms with E-state index in [2.05, 4.69) is 4.98 Å². The number of ether oxygens (including phenoxy) is 1. The fourth-order valence-electron chi connectivity index (χ4n) is 1.44. The molecule has 0 saturated carbocycles. The van der Waals surface area contributed by atoms with Crippen LogP contribution in [0.15, 0.2) is 42.6 Å². The van der Waals surface area contributed by atoms with Crippen molar-refractivity contribution in [3.05, 3.63) is 59.8 Å². The number of hydrogen-bond acceptors (Lipinski definition) is 3. The van der Waals surface area contributed by atoms with Crippen LogP contribution < -0.4 is 4.74 Å². The largest absolute Gasteiger partial charge is 0.478 e. The maximum Gasteiger partial charge on any atom is 0.328 e. The molecule has 0 spiro atoms. The Morgan fingerprint density at radius 1 is 1.30 bits per heavy atom. The van der Waals surface area contributed by atoms with Crippen molar-refractivity contribution in [2.24, 2.45) is 0 Å².